The summed E-state index contributed by atoms with van der Waals surface area (Å²) in [4.78, 5) is 32.1. The highest BCUT2D eigenvalue weighted by atomic mass is 16.5. The molecule has 1 saturated heterocycles. The van der Waals surface area contributed by atoms with Crippen LogP contribution in [0.2, 0.25) is 0 Å². The maximum absolute atomic E-state index is 13.4. The summed E-state index contributed by atoms with van der Waals surface area (Å²) in [5, 5.41) is 6.37. The van der Waals surface area contributed by atoms with E-state index in [1.807, 2.05) is 32.9 Å². The third-order valence-electron chi connectivity index (χ3n) is 7.48. The summed E-state index contributed by atoms with van der Waals surface area (Å²) in [6.07, 6.45) is 8.81. The Morgan fingerprint density at radius 2 is 1.85 bits per heavy atom. The first-order chi connectivity index (χ1) is 16.3. The predicted octanol–water partition coefficient (Wildman–Crippen LogP) is 3.80. The van der Waals surface area contributed by atoms with Crippen molar-refractivity contribution >= 4 is 23.2 Å². The van der Waals surface area contributed by atoms with E-state index >= 15 is 0 Å². The fraction of sp³-hybridized carbons (Fsp3) is 0.593. The first-order valence-corrected chi connectivity index (χ1v) is 12.6. The van der Waals surface area contributed by atoms with Crippen molar-refractivity contribution in [2.24, 2.45) is 10.9 Å². The van der Waals surface area contributed by atoms with Crippen LogP contribution in [0.5, 0.6) is 5.75 Å². The third kappa shape index (κ3) is 5.52. The average molecular weight is 467 g/mol. The van der Waals surface area contributed by atoms with Gasteiger partial charge in [0.15, 0.2) is 0 Å². The minimum absolute atomic E-state index is 0.151. The number of allylic oxidation sites excluding steroid dienone is 1. The lowest BCUT2D eigenvalue weighted by molar-refractivity contribution is -0.120. The third-order valence-corrected chi connectivity index (χ3v) is 7.48. The molecule has 7 heteroatoms. The van der Waals surface area contributed by atoms with E-state index in [-0.39, 0.29) is 24.5 Å². The molecule has 1 unspecified atom stereocenters. The number of nitrogens with one attached hydrogen (secondary N) is 2. The van der Waals surface area contributed by atoms with Gasteiger partial charge in [-0.05, 0) is 77.2 Å². The van der Waals surface area contributed by atoms with Crippen LogP contribution in [0.1, 0.15) is 68.3 Å². The molecule has 0 spiro atoms. The van der Waals surface area contributed by atoms with E-state index in [2.05, 4.69) is 33.6 Å². The Bertz CT molecular complexity index is 988. The Morgan fingerprint density at radius 1 is 1.15 bits per heavy atom. The molecule has 184 valence electrons. The van der Waals surface area contributed by atoms with E-state index in [9.17, 15) is 9.59 Å². The maximum Gasteiger partial charge on any atom is 0.254 e. The van der Waals surface area contributed by atoms with E-state index in [1.54, 1.807) is 0 Å². The lowest BCUT2D eigenvalue weighted by Crippen LogP contribution is -2.36. The fourth-order valence-corrected chi connectivity index (χ4v) is 5.38. The van der Waals surface area contributed by atoms with Crippen molar-refractivity contribution < 1.29 is 14.3 Å². The Hall–Kier alpha value is -2.67. The highest BCUT2D eigenvalue weighted by Gasteiger charge is 2.27. The summed E-state index contributed by atoms with van der Waals surface area (Å²) in [5.74, 6) is -0.0457. The molecular formula is C27H38N4O3. The number of rotatable bonds is 7. The van der Waals surface area contributed by atoms with Gasteiger partial charge in [-0.2, -0.15) is 0 Å². The Morgan fingerprint density at radius 3 is 2.53 bits per heavy atom. The second-order valence-electron chi connectivity index (χ2n) is 9.97. The molecule has 1 saturated carbocycles. The minimum atomic E-state index is -0.414. The van der Waals surface area contributed by atoms with Crippen molar-refractivity contribution in [1.29, 1.82) is 0 Å². The minimum Gasteiger partial charge on any atom is -0.490 e. The van der Waals surface area contributed by atoms with Crippen LogP contribution in [0.25, 0.3) is 0 Å². The number of carbonyl (C=O) groups excluding carboxylic acids is 2. The quantitative estimate of drug-likeness (QED) is 0.639. The van der Waals surface area contributed by atoms with Crippen molar-refractivity contribution in [2.45, 2.75) is 71.4 Å². The number of benzene rings is 1. The van der Waals surface area contributed by atoms with E-state index < -0.39 is 5.92 Å². The first-order valence-electron chi connectivity index (χ1n) is 12.6. The largest absolute Gasteiger partial charge is 0.490 e. The van der Waals surface area contributed by atoms with Gasteiger partial charge in [0.2, 0.25) is 0 Å². The molecule has 0 aromatic heterocycles. The van der Waals surface area contributed by atoms with Gasteiger partial charge in [0.25, 0.3) is 11.8 Å². The maximum atomic E-state index is 13.4. The highest BCUT2D eigenvalue weighted by Crippen LogP contribution is 2.34. The summed E-state index contributed by atoms with van der Waals surface area (Å²) in [6.45, 7) is 7.87. The molecule has 2 amide bonds. The van der Waals surface area contributed by atoms with Crippen LogP contribution in [0.4, 0.5) is 5.69 Å². The molecule has 4 rings (SSSR count). The van der Waals surface area contributed by atoms with Crippen LogP contribution in [0.15, 0.2) is 28.8 Å². The zero-order chi connectivity index (χ0) is 24.2. The molecule has 0 bridgehead atoms. The molecule has 1 atom stereocenters. The number of ether oxygens (including phenoxy) is 1. The van der Waals surface area contributed by atoms with E-state index in [4.69, 9.17) is 4.74 Å². The number of hydrogen-bond donors (Lipinski definition) is 2. The van der Waals surface area contributed by atoms with Gasteiger partial charge in [0.1, 0.15) is 11.9 Å². The molecular weight excluding hydrogens is 428 g/mol. The molecule has 34 heavy (non-hydrogen) atoms. The topological polar surface area (TPSA) is 83.0 Å². The second kappa shape index (κ2) is 10.7. The van der Waals surface area contributed by atoms with Gasteiger partial charge in [-0.3, -0.25) is 9.59 Å². The van der Waals surface area contributed by atoms with Crippen molar-refractivity contribution in [2.75, 3.05) is 31.6 Å². The number of hydrogen-bond acceptors (Lipinski definition) is 5. The molecule has 7 nitrogen and oxygen atoms in total. The van der Waals surface area contributed by atoms with Crippen molar-refractivity contribution in [3.63, 3.8) is 0 Å². The smallest absolute Gasteiger partial charge is 0.254 e. The van der Waals surface area contributed by atoms with Crippen LogP contribution in [0.3, 0.4) is 0 Å². The zero-order valence-electron chi connectivity index (χ0n) is 20.9. The predicted molar refractivity (Wildman–Crippen MR) is 136 cm³/mol. The van der Waals surface area contributed by atoms with E-state index in [1.165, 1.54) is 25.7 Å². The van der Waals surface area contributed by atoms with Gasteiger partial charge in [0, 0.05) is 42.7 Å². The van der Waals surface area contributed by atoms with Crippen LogP contribution in [0, 0.1) is 12.8 Å². The number of amides is 2. The average Bonchev–Trinajstić information content (AvgIpc) is 3.34. The number of aliphatic imine (C=N–C) groups is 1. The zero-order valence-corrected chi connectivity index (χ0v) is 20.9. The normalized spacial score (nSPS) is 21.8. The Labute approximate surface area is 203 Å². The monoisotopic (exact) mass is 466 g/mol. The van der Waals surface area contributed by atoms with Crippen LogP contribution < -0.4 is 20.3 Å². The highest BCUT2D eigenvalue weighted by molar-refractivity contribution is 6.06. The van der Waals surface area contributed by atoms with Crippen molar-refractivity contribution in [1.82, 2.24) is 10.6 Å². The molecule has 2 fully saturated rings. The van der Waals surface area contributed by atoms with Gasteiger partial charge in [-0.15, -0.1) is 0 Å². The number of piperidine rings is 1. The molecule has 3 aliphatic rings. The van der Waals surface area contributed by atoms with Crippen molar-refractivity contribution in [3.05, 3.63) is 34.9 Å². The fourth-order valence-electron chi connectivity index (χ4n) is 5.38. The van der Waals surface area contributed by atoms with Gasteiger partial charge in [-0.1, -0.05) is 18.4 Å². The first kappa shape index (κ1) is 24.5. The lowest BCUT2D eigenvalue weighted by Gasteiger charge is -2.30. The molecule has 1 aromatic rings. The standard InChI is InChI=1S/C27H38N4O3/c1-17-13-18(2)30-27(33)24(17)16-29-26(32)23-14-22(34-21-9-11-28-12-10-21)15-25(19(23)3)31(4)20-7-5-6-8-20/h13-15,20-21,24,28H,5-12,16H2,1-4H3,(H,29,32). The second-order valence-corrected chi connectivity index (χ2v) is 9.97. The number of carbonyl (C=O) groups is 2. The molecule has 1 aromatic carbocycles. The molecule has 1 aliphatic carbocycles. The Balaban J connectivity index is 1.57. The molecule has 2 aliphatic heterocycles. The Kier molecular flexibility index (Phi) is 7.71. The molecule has 2 heterocycles. The van der Waals surface area contributed by atoms with Crippen LogP contribution in [-0.4, -0.2) is 56.4 Å². The van der Waals surface area contributed by atoms with Gasteiger partial charge in [0.05, 0.1) is 5.92 Å². The van der Waals surface area contributed by atoms with Gasteiger partial charge >= 0.3 is 0 Å². The summed E-state index contributed by atoms with van der Waals surface area (Å²) in [5.41, 5.74) is 4.24. The van der Waals surface area contributed by atoms with Crippen molar-refractivity contribution in [3.8, 4) is 5.75 Å². The van der Waals surface area contributed by atoms with E-state index in [0.29, 0.717) is 17.3 Å². The van der Waals surface area contributed by atoms with Crippen LogP contribution >= 0.6 is 0 Å². The number of nitrogens with zero attached hydrogens (tertiary/aromatic N) is 2. The molecule has 0 radical (unpaired) electrons. The van der Waals surface area contributed by atoms with Gasteiger partial charge < -0.3 is 20.3 Å². The summed E-state index contributed by atoms with van der Waals surface area (Å²) >= 11 is 0. The van der Waals surface area contributed by atoms with E-state index in [0.717, 1.165) is 48.5 Å². The lowest BCUT2D eigenvalue weighted by atomic mass is 9.95. The summed E-state index contributed by atoms with van der Waals surface area (Å²) in [7, 11) is 2.13. The van der Waals surface area contributed by atoms with Crippen LogP contribution in [-0.2, 0) is 4.79 Å². The van der Waals surface area contributed by atoms with Gasteiger partial charge in [-0.25, -0.2) is 4.99 Å². The SMILES string of the molecule is CC1=CC(C)=NC(=O)C1CNC(=O)c1cc(OC2CCNCC2)cc(N(C)C2CCCC2)c1C. The number of anilines is 1. The molecule has 2 N–H and O–H groups in total. The number of dihydropyridines is 1. The summed E-state index contributed by atoms with van der Waals surface area (Å²) in [6, 6.07) is 4.45. The summed E-state index contributed by atoms with van der Waals surface area (Å²) < 4.78 is 6.37.